The number of para-hydroxylation sites is 1. The third kappa shape index (κ3) is 3.05. The average Bonchev–Trinajstić information content (AvgIpc) is 2.38. The summed E-state index contributed by atoms with van der Waals surface area (Å²) in [5.41, 5.74) is 6.58. The zero-order valence-corrected chi connectivity index (χ0v) is 12.4. The molecular weight excluding hydrogens is 298 g/mol. The zero-order chi connectivity index (χ0) is 14.8. The molecule has 2 rings (SSSR count). The standard InChI is InChI=1S/C14H14ClNO3S/c1-19-13-5-3-2-4-10(13)9-20(17,18)14-7-6-11(16)8-12(14)15/h2-8H,9,16H2,1H3. The van der Waals surface area contributed by atoms with Crippen LogP contribution in [0.2, 0.25) is 5.02 Å². The predicted octanol–water partition coefficient (Wildman–Crippen LogP) is 2.90. The minimum Gasteiger partial charge on any atom is -0.496 e. The van der Waals surface area contributed by atoms with Gasteiger partial charge in [0.15, 0.2) is 9.84 Å². The second-order valence-corrected chi connectivity index (χ2v) is 6.63. The molecule has 0 saturated carbocycles. The van der Waals surface area contributed by atoms with E-state index in [9.17, 15) is 8.42 Å². The fourth-order valence-corrected chi connectivity index (χ4v) is 3.85. The van der Waals surface area contributed by atoms with Crippen molar-refractivity contribution < 1.29 is 13.2 Å². The summed E-state index contributed by atoms with van der Waals surface area (Å²) in [5, 5.41) is 0.125. The molecule has 2 N–H and O–H groups in total. The van der Waals surface area contributed by atoms with Crippen LogP contribution in [0.5, 0.6) is 5.75 Å². The Kier molecular flexibility index (Phi) is 4.20. The second-order valence-electron chi connectivity index (χ2n) is 4.26. The van der Waals surface area contributed by atoms with Crippen molar-refractivity contribution in [2.75, 3.05) is 12.8 Å². The van der Waals surface area contributed by atoms with Crippen molar-refractivity contribution in [2.24, 2.45) is 0 Å². The molecular formula is C14H14ClNO3S. The van der Waals surface area contributed by atoms with E-state index in [4.69, 9.17) is 22.1 Å². The quantitative estimate of drug-likeness (QED) is 0.881. The summed E-state index contributed by atoms with van der Waals surface area (Å²) in [7, 11) is -2.06. The summed E-state index contributed by atoms with van der Waals surface area (Å²) in [6, 6.07) is 11.3. The summed E-state index contributed by atoms with van der Waals surface area (Å²) < 4.78 is 30.0. The van der Waals surface area contributed by atoms with Gasteiger partial charge in [0.05, 0.1) is 22.8 Å². The van der Waals surface area contributed by atoms with E-state index in [0.717, 1.165) is 0 Å². The van der Waals surface area contributed by atoms with E-state index in [0.29, 0.717) is 17.0 Å². The first-order valence-corrected chi connectivity index (χ1v) is 7.87. The number of nitrogen functional groups attached to an aromatic ring is 1. The van der Waals surface area contributed by atoms with Crippen LogP contribution in [0, 0.1) is 0 Å². The van der Waals surface area contributed by atoms with E-state index in [1.165, 1.54) is 25.3 Å². The van der Waals surface area contributed by atoms with Gasteiger partial charge in [0.2, 0.25) is 0 Å². The summed E-state index contributed by atoms with van der Waals surface area (Å²) in [6.45, 7) is 0. The van der Waals surface area contributed by atoms with Crippen LogP contribution < -0.4 is 10.5 Å². The van der Waals surface area contributed by atoms with Crippen LogP contribution in [0.3, 0.4) is 0 Å². The maximum atomic E-state index is 12.4. The first-order valence-electron chi connectivity index (χ1n) is 5.84. The topological polar surface area (TPSA) is 69.4 Å². The van der Waals surface area contributed by atoms with E-state index in [-0.39, 0.29) is 15.7 Å². The lowest BCUT2D eigenvalue weighted by Gasteiger charge is -2.10. The highest BCUT2D eigenvalue weighted by Gasteiger charge is 2.20. The van der Waals surface area contributed by atoms with Gasteiger partial charge < -0.3 is 10.5 Å². The molecule has 0 unspecified atom stereocenters. The Morgan fingerprint density at radius 2 is 1.90 bits per heavy atom. The molecule has 2 aromatic rings. The molecule has 0 radical (unpaired) electrons. The minimum atomic E-state index is -3.56. The fraction of sp³-hybridized carbons (Fsp3) is 0.143. The van der Waals surface area contributed by atoms with E-state index in [1.807, 2.05) is 0 Å². The molecule has 0 bridgehead atoms. The molecule has 0 aromatic heterocycles. The SMILES string of the molecule is COc1ccccc1CS(=O)(=O)c1ccc(N)cc1Cl. The second kappa shape index (κ2) is 5.73. The Morgan fingerprint density at radius 1 is 1.20 bits per heavy atom. The lowest BCUT2D eigenvalue weighted by molar-refractivity contribution is 0.411. The third-order valence-electron chi connectivity index (χ3n) is 2.83. The highest BCUT2D eigenvalue weighted by atomic mass is 35.5. The van der Waals surface area contributed by atoms with Crippen LogP contribution in [-0.4, -0.2) is 15.5 Å². The number of hydrogen-bond acceptors (Lipinski definition) is 4. The van der Waals surface area contributed by atoms with Crippen molar-refractivity contribution in [3.63, 3.8) is 0 Å². The number of halogens is 1. The molecule has 106 valence electrons. The maximum absolute atomic E-state index is 12.4. The maximum Gasteiger partial charge on any atom is 0.184 e. The third-order valence-corrected chi connectivity index (χ3v) is 4.97. The molecule has 0 fully saturated rings. The van der Waals surface area contributed by atoms with Crippen LogP contribution in [-0.2, 0) is 15.6 Å². The van der Waals surface area contributed by atoms with Crippen LogP contribution in [0.15, 0.2) is 47.4 Å². The summed E-state index contributed by atoms with van der Waals surface area (Å²) in [6.07, 6.45) is 0. The Balaban J connectivity index is 2.41. The van der Waals surface area contributed by atoms with Crippen molar-refractivity contribution in [1.29, 1.82) is 0 Å². The van der Waals surface area contributed by atoms with Gasteiger partial charge in [-0.3, -0.25) is 0 Å². The largest absolute Gasteiger partial charge is 0.496 e. The number of nitrogens with two attached hydrogens (primary N) is 1. The number of rotatable bonds is 4. The lowest BCUT2D eigenvalue weighted by atomic mass is 10.2. The lowest BCUT2D eigenvalue weighted by Crippen LogP contribution is -2.07. The predicted molar refractivity (Wildman–Crippen MR) is 79.7 cm³/mol. The Hall–Kier alpha value is -1.72. The van der Waals surface area contributed by atoms with Gasteiger partial charge in [-0.15, -0.1) is 0 Å². The zero-order valence-electron chi connectivity index (χ0n) is 10.8. The van der Waals surface area contributed by atoms with Crippen molar-refractivity contribution in [3.05, 3.63) is 53.1 Å². The number of methoxy groups -OCH3 is 1. The van der Waals surface area contributed by atoms with Gasteiger partial charge in [-0.1, -0.05) is 29.8 Å². The molecule has 6 heteroatoms. The number of hydrogen-bond donors (Lipinski definition) is 1. The van der Waals surface area contributed by atoms with E-state index in [1.54, 1.807) is 24.3 Å². The van der Waals surface area contributed by atoms with E-state index in [2.05, 4.69) is 0 Å². The molecule has 0 spiro atoms. The van der Waals surface area contributed by atoms with E-state index >= 15 is 0 Å². The summed E-state index contributed by atoms with van der Waals surface area (Å²) in [4.78, 5) is 0.0688. The van der Waals surface area contributed by atoms with Gasteiger partial charge in [-0.25, -0.2) is 8.42 Å². The number of ether oxygens (including phenoxy) is 1. The monoisotopic (exact) mass is 311 g/mol. The molecule has 0 saturated heterocycles. The van der Waals surface area contributed by atoms with Crippen molar-refractivity contribution >= 4 is 27.1 Å². The van der Waals surface area contributed by atoms with Gasteiger partial charge in [-0.2, -0.15) is 0 Å². The van der Waals surface area contributed by atoms with E-state index < -0.39 is 9.84 Å². The first-order chi connectivity index (χ1) is 9.44. The molecule has 0 amide bonds. The van der Waals surface area contributed by atoms with Crippen LogP contribution in [0.1, 0.15) is 5.56 Å². The normalized spacial score (nSPS) is 11.3. The molecule has 0 aliphatic heterocycles. The highest BCUT2D eigenvalue weighted by Crippen LogP contribution is 2.29. The number of sulfone groups is 1. The molecule has 20 heavy (non-hydrogen) atoms. The molecule has 0 heterocycles. The van der Waals surface area contributed by atoms with Crippen LogP contribution in [0.4, 0.5) is 5.69 Å². The number of benzene rings is 2. The van der Waals surface area contributed by atoms with Crippen molar-refractivity contribution in [3.8, 4) is 5.75 Å². The van der Waals surface area contributed by atoms with Gasteiger partial charge in [-0.05, 0) is 24.3 Å². The molecule has 0 atom stereocenters. The van der Waals surface area contributed by atoms with Gasteiger partial charge in [0.25, 0.3) is 0 Å². The van der Waals surface area contributed by atoms with Crippen molar-refractivity contribution in [2.45, 2.75) is 10.6 Å². The fourth-order valence-electron chi connectivity index (χ4n) is 1.87. The Morgan fingerprint density at radius 3 is 2.55 bits per heavy atom. The van der Waals surface area contributed by atoms with Gasteiger partial charge in [0, 0.05) is 11.3 Å². The molecule has 0 aliphatic carbocycles. The van der Waals surface area contributed by atoms with Gasteiger partial charge >= 0.3 is 0 Å². The average molecular weight is 312 g/mol. The first kappa shape index (κ1) is 14.7. The molecule has 2 aromatic carbocycles. The number of anilines is 1. The molecule has 4 nitrogen and oxygen atoms in total. The smallest absolute Gasteiger partial charge is 0.184 e. The highest BCUT2D eigenvalue weighted by molar-refractivity contribution is 7.90. The molecule has 0 aliphatic rings. The van der Waals surface area contributed by atoms with Crippen LogP contribution >= 0.6 is 11.6 Å². The van der Waals surface area contributed by atoms with Gasteiger partial charge in [0.1, 0.15) is 5.75 Å². The van der Waals surface area contributed by atoms with Crippen molar-refractivity contribution in [1.82, 2.24) is 0 Å². The summed E-state index contributed by atoms with van der Waals surface area (Å²) in [5.74, 6) is 0.350. The minimum absolute atomic E-state index is 0.0688. The Labute approximate surface area is 123 Å². The Bertz CT molecular complexity index is 729. The summed E-state index contributed by atoms with van der Waals surface area (Å²) >= 11 is 5.96. The van der Waals surface area contributed by atoms with Crippen LogP contribution in [0.25, 0.3) is 0 Å².